The molecule has 0 aliphatic carbocycles. The lowest BCUT2D eigenvalue weighted by Gasteiger charge is -2.25. The first kappa shape index (κ1) is 18.9. The molecule has 1 aliphatic heterocycles. The van der Waals surface area contributed by atoms with Gasteiger partial charge in [-0.05, 0) is 38.5 Å². The summed E-state index contributed by atoms with van der Waals surface area (Å²) in [4.78, 5) is 26.4. The van der Waals surface area contributed by atoms with Crippen LogP contribution < -0.4 is 16.0 Å². The van der Waals surface area contributed by atoms with Gasteiger partial charge >= 0.3 is 0 Å². The summed E-state index contributed by atoms with van der Waals surface area (Å²) < 4.78 is 0.907. The number of benzene rings is 1. The highest BCUT2D eigenvalue weighted by molar-refractivity contribution is 9.10. The third-order valence-corrected chi connectivity index (χ3v) is 4.11. The number of nitrogens with one attached hydrogen (secondary N) is 1. The fourth-order valence-electron chi connectivity index (χ4n) is 2.30. The van der Waals surface area contributed by atoms with Gasteiger partial charge < -0.3 is 16.0 Å². The molecule has 0 saturated carbocycles. The number of amides is 2. The van der Waals surface area contributed by atoms with E-state index in [0.29, 0.717) is 19.5 Å². The van der Waals surface area contributed by atoms with Crippen molar-refractivity contribution < 1.29 is 9.59 Å². The van der Waals surface area contributed by atoms with Crippen molar-refractivity contribution in [3.05, 3.63) is 28.7 Å². The largest absolute Gasteiger partial charge is 0.349 e. The predicted octanol–water partition coefficient (Wildman–Crippen LogP) is 2.08. The second-order valence-electron chi connectivity index (χ2n) is 5.89. The van der Waals surface area contributed by atoms with E-state index in [1.165, 1.54) is 0 Å². The summed E-state index contributed by atoms with van der Waals surface area (Å²) in [7, 11) is 0. The Labute approximate surface area is 145 Å². The molecule has 2 rings (SSSR count). The van der Waals surface area contributed by atoms with Gasteiger partial charge in [0.05, 0.1) is 0 Å². The van der Waals surface area contributed by atoms with Crippen molar-refractivity contribution >= 4 is 45.8 Å². The summed E-state index contributed by atoms with van der Waals surface area (Å²) >= 11 is 3.39. The lowest BCUT2D eigenvalue weighted by atomic mass is 10.0. The average molecular weight is 391 g/mol. The highest BCUT2D eigenvalue weighted by Gasteiger charge is 2.39. The van der Waals surface area contributed by atoms with Crippen LogP contribution >= 0.6 is 28.3 Å². The molecule has 3 N–H and O–H groups in total. The van der Waals surface area contributed by atoms with E-state index in [2.05, 4.69) is 21.2 Å². The third-order valence-electron chi connectivity index (χ3n) is 3.61. The molecule has 0 aromatic heterocycles. The van der Waals surface area contributed by atoms with Crippen LogP contribution in [0.4, 0.5) is 5.69 Å². The zero-order valence-corrected chi connectivity index (χ0v) is 15.0. The maximum absolute atomic E-state index is 12.5. The summed E-state index contributed by atoms with van der Waals surface area (Å²) in [5, 5.41) is 2.84. The van der Waals surface area contributed by atoms with Crippen LogP contribution in [0.5, 0.6) is 0 Å². The molecule has 122 valence electrons. The minimum atomic E-state index is -0.630. The van der Waals surface area contributed by atoms with Gasteiger partial charge in [0.1, 0.15) is 5.92 Å². The molecule has 1 heterocycles. The lowest BCUT2D eigenvalue weighted by Crippen LogP contribution is -2.51. The Morgan fingerprint density at radius 3 is 2.77 bits per heavy atom. The summed E-state index contributed by atoms with van der Waals surface area (Å²) in [6.07, 6.45) is 0.526. The van der Waals surface area contributed by atoms with E-state index in [9.17, 15) is 9.59 Å². The van der Waals surface area contributed by atoms with Gasteiger partial charge in [-0.2, -0.15) is 0 Å². The van der Waals surface area contributed by atoms with Crippen LogP contribution in [0, 0.1) is 5.92 Å². The fourth-order valence-corrected chi connectivity index (χ4v) is 2.68. The molecule has 1 aromatic rings. The molecule has 1 aromatic carbocycles. The number of carbonyl (C=O) groups is 2. The second-order valence-corrected chi connectivity index (χ2v) is 6.80. The third kappa shape index (κ3) is 4.21. The van der Waals surface area contributed by atoms with Crippen molar-refractivity contribution in [3.8, 4) is 0 Å². The number of rotatable bonds is 4. The first-order valence-corrected chi connectivity index (χ1v) is 7.72. The van der Waals surface area contributed by atoms with Gasteiger partial charge in [-0.15, -0.1) is 12.4 Å². The van der Waals surface area contributed by atoms with Crippen LogP contribution in [-0.4, -0.2) is 30.4 Å². The van der Waals surface area contributed by atoms with E-state index in [-0.39, 0.29) is 24.2 Å². The van der Waals surface area contributed by atoms with Crippen LogP contribution in [0.2, 0.25) is 0 Å². The van der Waals surface area contributed by atoms with Crippen molar-refractivity contribution in [1.82, 2.24) is 5.32 Å². The first-order chi connectivity index (χ1) is 9.84. The molecule has 5 nitrogen and oxygen atoms in total. The summed E-state index contributed by atoms with van der Waals surface area (Å²) in [6, 6.07) is 7.52. The Morgan fingerprint density at radius 2 is 2.18 bits per heavy atom. The molecule has 7 heteroatoms. The SMILES string of the molecule is CC(C)(CN)NC(=O)C1CCN(c2cccc(Br)c2)C1=O.Cl. The summed E-state index contributed by atoms with van der Waals surface area (Å²) in [5.74, 6) is -1.03. The Hall–Kier alpha value is -1.11. The van der Waals surface area contributed by atoms with Gasteiger partial charge in [-0.3, -0.25) is 9.59 Å². The molecule has 0 radical (unpaired) electrons. The van der Waals surface area contributed by atoms with Gasteiger partial charge in [0, 0.05) is 28.8 Å². The van der Waals surface area contributed by atoms with E-state index in [4.69, 9.17) is 5.73 Å². The number of nitrogens with two attached hydrogens (primary N) is 1. The predicted molar refractivity (Wildman–Crippen MR) is 93.1 cm³/mol. The molecule has 1 atom stereocenters. The van der Waals surface area contributed by atoms with Crippen LogP contribution in [-0.2, 0) is 9.59 Å². The Bertz CT molecular complexity index is 565. The minimum Gasteiger partial charge on any atom is -0.349 e. The monoisotopic (exact) mass is 389 g/mol. The molecular weight excluding hydrogens is 370 g/mol. The van der Waals surface area contributed by atoms with Crippen molar-refractivity contribution in [2.45, 2.75) is 25.8 Å². The van der Waals surface area contributed by atoms with Gasteiger partial charge in [-0.25, -0.2) is 0 Å². The zero-order chi connectivity index (χ0) is 15.6. The Kier molecular flexibility index (Phi) is 6.40. The minimum absolute atomic E-state index is 0. The molecule has 22 heavy (non-hydrogen) atoms. The highest BCUT2D eigenvalue weighted by atomic mass is 79.9. The Balaban J connectivity index is 0.00000242. The normalized spacial score (nSPS) is 18.1. The van der Waals surface area contributed by atoms with Gasteiger partial charge in [0.15, 0.2) is 0 Å². The van der Waals surface area contributed by atoms with Crippen molar-refractivity contribution in [2.24, 2.45) is 11.7 Å². The molecule has 0 bridgehead atoms. The van der Waals surface area contributed by atoms with Gasteiger partial charge in [0.2, 0.25) is 11.8 Å². The quantitative estimate of drug-likeness (QED) is 0.773. The van der Waals surface area contributed by atoms with E-state index in [1.54, 1.807) is 4.90 Å². The van der Waals surface area contributed by atoms with E-state index >= 15 is 0 Å². The summed E-state index contributed by atoms with van der Waals surface area (Å²) in [5.41, 5.74) is 5.92. The zero-order valence-electron chi connectivity index (χ0n) is 12.6. The molecular formula is C15H21BrClN3O2. The van der Waals surface area contributed by atoms with Crippen LogP contribution in [0.15, 0.2) is 28.7 Å². The highest BCUT2D eigenvalue weighted by Crippen LogP contribution is 2.27. The number of halogens is 2. The molecule has 1 unspecified atom stereocenters. The topological polar surface area (TPSA) is 75.4 Å². The lowest BCUT2D eigenvalue weighted by molar-refractivity contribution is -0.133. The maximum atomic E-state index is 12.5. The van der Waals surface area contributed by atoms with Crippen molar-refractivity contribution in [1.29, 1.82) is 0 Å². The molecule has 1 aliphatic rings. The number of nitrogens with zero attached hydrogens (tertiary/aromatic N) is 1. The Morgan fingerprint density at radius 1 is 1.50 bits per heavy atom. The molecule has 0 spiro atoms. The number of carbonyl (C=O) groups excluding carboxylic acids is 2. The molecule has 1 saturated heterocycles. The van der Waals surface area contributed by atoms with Gasteiger partial charge in [-0.1, -0.05) is 22.0 Å². The van der Waals surface area contributed by atoms with E-state index in [1.807, 2.05) is 38.1 Å². The summed E-state index contributed by atoms with van der Waals surface area (Å²) in [6.45, 7) is 4.57. The smallest absolute Gasteiger partial charge is 0.239 e. The van der Waals surface area contributed by atoms with Gasteiger partial charge in [0.25, 0.3) is 0 Å². The van der Waals surface area contributed by atoms with Crippen molar-refractivity contribution in [3.63, 3.8) is 0 Å². The molecule has 2 amide bonds. The fraction of sp³-hybridized carbons (Fsp3) is 0.467. The van der Waals surface area contributed by atoms with E-state index in [0.717, 1.165) is 10.2 Å². The average Bonchev–Trinajstić information content (AvgIpc) is 2.80. The van der Waals surface area contributed by atoms with Crippen LogP contribution in [0.3, 0.4) is 0 Å². The van der Waals surface area contributed by atoms with E-state index < -0.39 is 11.5 Å². The maximum Gasteiger partial charge on any atom is 0.239 e. The molecule has 1 fully saturated rings. The number of hydrogen-bond acceptors (Lipinski definition) is 3. The van der Waals surface area contributed by atoms with Crippen LogP contribution in [0.1, 0.15) is 20.3 Å². The first-order valence-electron chi connectivity index (χ1n) is 6.93. The second kappa shape index (κ2) is 7.44. The number of hydrogen-bond donors (Lipinski definition) is 2. The van der Waals surface area contributed by atoms with Crippen LogP contribution in [0.25, 0.3) is 0 Å². The number of anilines is 1. The standard InChI is InChI=1S/C15H20BrN3O2.ClH/c1-15(2,9-17)18-13(20)12-6-7-19(14(12)21)11-5-3-4-10(16)8-11;/h3-5,8,12H,6-7,9,17H2,1-2H3,(H,18,20);1H. The van der Waals surface area contributed by atoms with Crippen molar-refractivity contribution in [2.75, 3.05) is 18.0 Å².